The van der Waals surface area contributed by atoms with E-state index in [0.29, 0.717) is 12.5 Å². The molecule has 7 heteroatoms. The Bertz CT molecular complexity index is 588. The second-order valence-corrected chi connectivity index (χ2v) is 6.45. The van der Waals surface area contributed by atoms with E-state index in [-0.39, 0.29) is 35.9 Å². The van der Waals surface area contributed by atoms with Crippen LogP contribution in [0.1, 0.15) is 43.7 Å². The van der Waals surface area contributed by atoms with E-state index in [9.17, 15) is 22.4 Å². The lowest BCUT2D eigenvalue weighted by Crippen LogP contribution is -2.32. The summed E-state index contributed by atoms with van der Waals surface area (Å²) in [6.07, 6.45) is -1.42. The summed E-state index contributed by atoms with van der Waals surface area (Å²) in [4.78, 5) is 12.3. The minimum atomic E-state index is -4.62. The first-order valence-electron chi connectivity index (χ1n) is 8.10. The van der Waals surface area contributed by atoms with Crippen molar-refractivity contribution in [1.29, 1.82) is 0 Å². The Labute approximate surface area is 138 Å². The molecule has 134 valence electrons. The Morgan fingerprint density at radius 3 is 2.62 bits per heavy atom. The summed E-state index contributed by atoms with van der Waals surface area (Å²) >= 11 is 0. The van der Waals surface area contributed by atoms with Crippen molar-refractivity contribution < 1.29 is 22.4 Å². The molecule has 0 heterocycles. The number of alkyl halides is 3. The van der Waals surface area contributed by atoms with E-state index < -0.39 is 17.6 Å². The molecular weight excluding hydrogens is 324 g/mol. The lowest BCUT2D eigenvalue weighted by Gasteiger charge is -2.18. The fraction of sp³-hybridized carbons (Fsp3) is 0.588. The third-order valence-corrected chi connectivity index (χ3v) is 4.48. The highest BCUT2D eigenvalue weighted by Crippen LogP contribution is 2.34. The Hall–Kier alpha value is -1.63. The smallest absolute Gasteiger partial charge is 0.352 e. The van der Waals surface area contributed by atoms with Gasteiger partial charge in [0.25, 0.3) is 0 Å². The highest BCUT2D eigenvalue weighted by atomic mass is 19.4. The Kier molecular flexibility index (Phi) is 5.85. The summed E-state index contributed by atoms with van der Waals surface area (Å²) in [6, 6.07) is 2.27. The summed E-state index contributed by atoms with van der Waals surface area (Å²) in [5.74, 6) is -1.22. The molecule has 0 spiro atoms. The lowest BCUT2D eigenvalue weighted by molar-refractivity contribution is -0.137. The zero-order chi connectivity index (χ0) is 17.9. The van der Waals surface area contributed by atoms with Gasteiger partial charge in [-0.3, -0.25) is 4.79 Å². The number of carbonyl (C=O) groups excluding carboxylic acids is 1. The topological polar surface area (TPSA) is 55.1 Å². The van der Waals surface area contributed by atoms with Crippen LogP contribution in [0.25, 0.3) is 0 Å². The molecule has 1 aromatic rings. The average Bonchev–Trinajstić information content (AvgIpc) is 2.84. The van der Waals surface area contributed by atoms with Crippen LogP contribution in [0.15, 0.2) is 18.2 Å². The molecular formula is C17H22F4N2O. The van der Waals surface area contributed by atoms with Crippen LogP contribution < -0.4 is 11.1 Å². The van der Waals surface area contributed by atoms with Crippen LogP contribution >= 0.6 is 0 Å². The number of rotatable bonds is 5. The predicted octanol–water partition coefficient (Wildman–Crippen LogP) is 3.61. The van der Waals surface area contributed by atoms with E-state index >= 15 is 0 Å². The van der Waals surface area contributed by atoms with Crippen LogP contribution in [0, 0.1) is 17.7 Å². The maximum atomic E-state index is 13.4. The van der Waals surface area contributed by atoms with Crippen LogP contribution in [-0.2, 0) is 17.5 Å². The van der Waals surface area contributed by atoms with Crippen molar-refractivity contribution in [2.45, 2.75) is 51.4 Å². The van der Waals surface area contributed by atoms with E-state index in [0.717, 1.165) is 31.4 Å². The van der Waals surface area contributed by atoms with Gasteiger partial charge in [-0.2, -0.15) is 13.2 Å². The van der Waals surface area contributed by atoms with E-state index in [1.54, 1.807) is 0 Å². The molecule has 1 saturated carbocycles. The lowest BCUT2D eigenvalue weighted by atomic mass is 9.91. The molecule has 1 aliphatic rings. The van der Waals surface area contributed by atoms with Crippen LogP contribution in [0.4, 0.5) is 17.6 Å². The third kappa shape index (κ3) is 4.69. The fourth-order valence-corrected chi connectivity index (χ4v) is 3.42. The second-order valence-electron chi connectivity index (χ2n) is 6.45. The number of nitrogens with two attached hydrogens (primary N) is 1. The van der Waals surface area contributed by atoms with Crippen molar-refractivity contribution in [3.05, 3.63) is 35.1 Å². The highest BCUT2D eigenvalue weighted by Gasteiger charge is 2.36. The Balaban J connectivity index is 2.02. The number of halogens is 4. The molecule has 24 heavy (non-hydrogen) atoms. The predicted molar refractivity (Wildman–Crippen MR) is 82.3 cm³/mol. The molecule has 0 bridgehead atoms. The van der Waals surface area contributed by atoms with Crippen molar-refractivity contribution in [3.8, 4) is 0 Å². The monoisotopic (exact) mass is 346 g/mol. The summed E-state index contributed by atoms with van der Waals surface area (Å²) in [7, 11) is 0. The molecule has 0 aromatic heterocycles. The van der Waals surface area contributed by atoms with Gasteiger partial charge in [-0.25, -0.2) is 4.39 Å². The standard InChI is InChI=1S/C17H22F4N2O/c1-2-3-11-6-14(22)8-15(11)16(24)23-9-10-4-12(17(19,20)21)7-13(18)5-10/h4-5,7,11,14-15H,2-3,6,8-9,22H2,1H3,(H,23,24)/t11?,14-,15-/m1/s1. The molecule has 0 aliphatic heterocycles. The minimum Gasteiger partial charge on any atom is -0.352 e. The maximum Gasteiger partial charge on any atom is 0.416 e. The zero-order valence-corrected chi connectivity index (χ0v) is 13.5. The molecule has 0 radical (unpaired) electrons. The van der Waals surface area contributed by atoms with E-state index in [2.05, 4.69) is 5.32 Å². The van der Waals surface area contributed by atoms with Crippen LogP contribution in [0.5, 0.6) is 0 Å². The Morgan fingerprint density at radius 1 is 1.29 bits per heavy atom. The normalized spacial score (nSPS) is 24.2. The third-order valence-electron chi connectivity index (χ3n) is 4.48. The van der Waals surface area contributed by atoms with Crippen LogP contribution in [0.3, 0.4) is 0 Å². The molecule has 1 aromatic carbocycles. The number of hydrogen-bond donors (Lipinski definition) is 2. The van der Waals surface area contributed by atoms with Gasteiger partial charge in [-0.1, -0.05) is 13.3 Å². The fourth-order valence-electron chi connectivity index (χ4n) is 3.42. The number of nitrogens with one attached hydrogen (secondary N) is 1. The van der Waals surface area contributed by atoms with Crippen molar-refractivity contribution in [2.75, 3.05) is 0 Å². The van der Waals surface area contributed by atoms with Gasteiger partial charge in [0.15, 0.2) is 0 Å². The molecule has 1 amide bonds. The molecule has 3 nitrogen and oxygen atoms in total. The largest absolute Gasteiger partial charge is 0.416 e. The van der Waals surface area contributed by atoms with Crippen molar-refractivity contribution in [1.82, 2.24) is 5.32 Å². The first kappa shape index (κ1) is 18.7. The average molecular weight is 346 g/mol. The van der Waals surface area contributed by atoms with Crippen molar-refractivity contribution in [3.63, 3.8) is 0 Å². The van der Waals surface area contributed by atoms with Crippen LogP contribution in [0.2, 0.25) is 0 Å². The molecule has 1 unspecified atom stereocenters. The summed E-state index contributed by atoms with van der Waals surface area (Å²) < 4.78 is 51.5. The SMILES string of the molecule is CCCC1C[C@@H](N)C[C@H]1C(=O)NCc1cc(F)cc(C(F)(F)F)c1. The maximum absolute atomic E-state index is 13.4. The molecule has 3 N–H and O–H groups in total. The van der Waals surface area contributed by atoms with Gasteiger partial charge >= 0.3 is 6.18 Å². The second kappa shape index (κ2) is 7.51. The molecule has 0 saturated heterocycles. The van der Waals surface area contributed by atoms with Gasteiger partial charge < -0.3 is 11.1 Å². The van der Waals surface area contributed by atoms with Gasteiger partial charge in [0.2, 0.25) is 5.91 Å². The minimum absolute atomic E-state index is 0.0247. The molecule has 1 aliphatic carbocycles. The summed E-state index contributed by atoms with van der Waals surface area (Å²) in [5.41, 5.74) is 4.95. The van der Waals surface area contributed by atoms with Crippen molar-refractivity contribution >= 4 is 5.91 Å². The van der Waals surface area contributed by atoms with E-state index in [1.165, 1.54) is 0 Å². The number of carbonyl (C=O) groups is 1. The van der Waals surface area contributed by atoms with E-state index in [4.69, 9.17) is 5.73 Å². The van der Waals surface area contributed by atoms with Crippen molar-refractivity contribution in [2.24, 2.45) is 17.6 Å². The molecule has 1 fully saturated rings. The first-order chi connectivity index (χ1) is 11.2. The number of amides is 1. The number of benzene rings is 1. The molecule has 3 atom stereocenters. The van der Waals surface area contributed by atoms with Gasteiger partial charge in [0.1, 0.15) is 5.82 Å². The summed E-state index contributed by atoms with van der Waals surface area (Å²) in [6.45, 7) is 1.90. The first-order valence-corrected chi connectivity index (χ1v) is 8.10. The van der Waals surface area contributed by atoms with Gasteiger partial charge in [-0.05, 0) is 48.9 Å². The zero-order valence-electron chi connectivity index (χ0n) is 13.5. The van der Waals surface area contributed by atoms with Gasteiger partial charge in [-0.15, -0.1) is 0 Å². The highest BCUT2D eigenvalue weighted by molar-refractivity contribution is 5.79. The molecule has 2 rings (SSSR count). The van der Waals surface area contributed by atoms with E-state index in [1.807, 2.05) is 6.92 Å². The number of hydrogen-bond acceptors (Lipinski definition) is 2. The Morgan fingerprint density at radius 2 is 2.00 bits per heavy atom. The van der Waals surface area contributed by atoms with Crippen LogP contribution in [-0.4, -0.2) is 11.9 Å². The van der Waals surface area contributed by atoms with Gasteiger partial charge in [0.05, 0.1) is 5.56 Å². The summed E-state index contributed by atoms with van der Waals surface area (Å²) in [5, 5.41) is 2.63. The van der Waals surface area contributed by atoms with Gasteiger partial charge in [0, 0.05) is 18.5 Å². The quantitative estimate of drug-likeness (QED) is 0.800.